The Morgan fingerprint density at radius 2 is 0.946 bits per heavy atom. The molecule has 2 fully saturated rings. The van der Waals surface area contributed by atoms with E-state index in [2.05, 4.69) is 79.9 Å². The van der Waals surface area contributed by atoms with E-state index in [0.717, 1.165) is 64.2 Å². The number of carbonyl (C=O) groups excluding carboxylic acids is 1. The van der Waals surface area contributed by atoms with Gasteiger partial charge in [0, 0.05) is 6.42 Å². The van der Waals surface area contributed by atoms with Crippen LogP contribution in [0.5, 0.6) is 0 Å². The van der Waals surface area contributed by atoms with Gasteiger partial charge >= 0.3 is 0 Å². The molecule has 0 radical (unpaired) electrons. The van der Waals surface area contributed by atoms with Gasteiger partial charge in [-0.3, -0.25) is 4.79 Å². The van der Waals surface area contributed by atoms with Crippen LogP contribution in [0, 0.1) is 0 Å². The van der Waals surface area contributed by atoms with Crippen molar-refractivity contribution in [2.24, 2.45) is 0 Å². The number of aliphatic hydroxyl groups excluding tert-OH is 8. The molecule has 2 heterocycles. The van der Waals surface area contributed by atoms with Gasteiger partial charge in [-0.1, -0.05) is 196 Å². The highest BCUT2D eigenvalue weighted by molar-refractivity contribution is 5.76. The fourth-order valence-corrected chi connectivity index (χ4v) is 9.16. The molecule has 2 aliphatic rings. The molecule has 0 bridgehead atoms. The van der Waals surface area contributed by atoms with E-state index < -0.39 is 86.8 Å². The molecule has 12 atom stereocenters. The van der Waals surface area contributed by atoms with Gasteiger partial charge in [-0.2, -0.15) is 0 Å². The Bertz CT molecular complexity index is 1520. The van der Waals surface area contributed by atoms with E-state index >= 15 is 0 Å². The second-order valence-electron chi connectivity index (χ2n) is 20.4. The molecule has 0 aromatic carbocycles. The van der Waals surface area contributed by atoms with Gasteiger partial charge in [0.2, 0.25) is 5.91 Å². The quantitative estimate of drug-likeness (QED) is 0.0205. The summed E-state index contributed by atoms with van der Waals surface area (Å²) in [6, 6.07) is -0.956. The van der Waals surface area contributed by atoms with Crippen LogP contribution in [0.15, 0.2) is 72.9 Å². The zero-order chi connectivity index (χ0) is 53.9. The number of unbranched alkanes of at least 4 members (excludes halogenated alkanes) is 22. The molecule has 2 aliphatic heterocycles. The van der Waals surface area contributed by atoms with Crippen molar-refractivity contribution < 1.29 is 64.6 Å². The molecule has 9 N–H and O–H groups in total. The Kier molecular flexibility index (Phi) is 41.5. The van der Waals surface area contributed by atoms with Crippen molar-refractivity contribution in [3.05, 3.63) is 72.9 Å². The lowest BCUT2D eigenvalue weighted by atomic mass is 9.97. The van der Waals surface area contributed by atoms with Gasteiger partial charge in [0.15, 0.2) is 12.6 Å². The second-order valence-corrected chi connectivity index (χ2v) is 20.4. The van der Waals surface area contributed by atoms with Crippen LogP contribution in [0.4, 0.5) is 0 Å². The van der Waals surface area contributed by atoms with Crippen molar-refractivity contribution in [3.63, 3.8) is 0 Å². The zero-order valence-corrected chi connectivity index (χ0v) is 45.8. The summed E-state index contributed by atoms with van der Waals surface area (Å²) in [5.74, 6) is -0.285. The molecular weight excluding hydrogens is 943 g/mol. The third-order valence-corrected chi connectivity index (χ3v) is 13.9. The number of hydrogen-bond donors (Lipinski definition) is 9. The highest BCUT2D eigenvalue weighted by Gasteiger charge is 2.51. The molecule has 12 unspecified atom stereocenters. The Hall–Kier alpha value is -2.57. The van der Waals surface area contributed by atoms with Crippen molar-refractivity contribution >= 4 is 5.91 Å². The van der Waals surface area contributed by atoms with E-state index in [0.29, 0.717) is 12.8 Å². The molecule has 0 aromatic rings. The number of hydrogen-bond acceptors (Lipinski definition) is 13. The number of aliphatic hydroxyl groups is 8. The molecule has 0 aromatic heterocycles. The molecule has 2 rings (SSSR count). The Balaban J connectivity index is 1.77. The third kappa shape index (κ3) is 31.0. The molecule has 0 aliphatic carbocycles. The van der Waals surface area contributed by atoms with Crippen LogP contribution in [0.2, 0.25) is 0 Å². The second kappa shape index (κ2) is 45.4. The number of rotatable bonds is 45. The average molecular weight is 1050 g/mol. The highest BCUT2D eigenvalue weighted by Crippen LogP contribution is 2.30. The van der Waals surface area contributed by atoms with Gasteiger partial charge in [0.05, 0.1) is 32.0 Å². The largest absolute Gasteiger partial charge is 0.394 e. The van der Waals surface area contributed by atoms with E-state index in [1.165, 1.54) is 109 Å². The summed E-state index contributed by atoms with van der Waals surface area (Å²) >= 11 is 0. The Morgan fingerprint density at radius 1 is 0.500 bits per heavy atom. The predicted molar refractivity (Wildman–Crippen MR) is 295 cm³/mol. The van der Waals surface area contributed by atoms with Gasteiger partial charge in [0.25, 0.3) is 0 Å². The molecular formula is C60H105NO13. The fourth-order valence-electron chi connectivity index (χ4n) is 9.16. The summed E-state index contributed by atoms with van der Waals surface area (Å²) in [5, 5.41) is 86.9. The number of allylic oxidation sites excluding steroid dienone is 11. The normalized spacial score (nSPS) is 25.8. The van der Waals surface area contributed by atoms with Gasteiger partial charge < -0.3 is 65.1 Å². The Labute approximate surface area is 447 Å². The first-order chi connectivity index (χ1) is 36.1. The van der Waals surface area contributed by atoms with E-state index in [1.807, 2.05) is 6.08 Å². The fraction of sp³-hybridized carbons (Fsp3) is 0.783. The first-order valence-corrected chi connectivity index (χ1v) is 29.2. The maximum absolute atomic E-state index is 13.2. The molecule has 14 nitrogen and oxygen atoms in total. The van der Waals surface area contributed by atoms with E-state index in [4.69, 9.17) is 18.9 Å². The summed E-state index contributed by atoms with van der Waals surface area (Å²) in [7, 11) is 0. The zero-order valence-electron chi connectivity index (χ0n) is 45.8. The summed E-state index contributed by atoms with van der Waals surface area (Å²) < 4.78 is 22.7. The number of carbonyl (C=O) groups is 1. The molecule has 428 valence electrons. The van der Waals surface area contributed by atoms with Crippen molar-refractivity contribution in [2.45, 2.75) is 280 Å². The summed E-state index contributed by atoms with van der Waals surface area (Å²) in [6.45, 7) is 2.63. The summed E-state index contributed by atoms with van der Waals surface area (Å²) in [5.41, 5.74) is 0. The molecule has 0 spiro atoms. The minimum absolute atomic E-state index is 0.231. The van der Waals surface area contributed by atoms with Crippen molar-refractivity contribution in [1.82, 2.24) is 5.32 Å². The maximum atomic E-state index is 13.2. The number of nitrogens with one attached hydrogen (secondary N) is 1. The number of amides is 1. The van der Waals surface area contributed by atoms with Gasteiger partial charge in [-0.15, -0.1) is 0 Å². The van der Waals surface area contributed by atoms with E-state index in [9.17, 15) is 45.6 Å². The molecule has 1 amide bonds. The summed E-state index contributed by atoms with van der Waals surface area (Å²) in [6.07, 6.45) is 42.5. The first kappa shape index (κ1) is 67.5. The van der Waals surface area contributed by atoms with E-state index in [-0.39, 0.29) is 18.9 Å². The predicted octanol–water partition coefficient (Wildman–Crippen LogP) is 9.55. The van der Waals surface area contributed by atoms with Crippen LogP contribution in [0.25, 0.3) is 0 Å². The van der Waals surface area contributed by atoms with Crippen molar-refractivity contribution in [1.29, 1.82) is 0 Å². The van der Waals surface area contributed by atoms with Gasteiger partial charge in [-0.25, -0.2) is 0 Å². The molecule has 0 saturated carbocycles. The Morgan fingerprint density at radius 3 is 1.49 bits per heavy atom. The molecule has 2 saturated heterocycles. The lowest BCUT2D eigenvalue weighted by Gasteiger charge is -2.46. The van der Waals surface area contributed by atoms with Gasteiger partial charge in [-0.05, 0) is 77.0 Å². The topological polar surface area (TPSA) is 228 Å². The smallest absolute Gasteiger partial charge is 0.220 e. The summed E-state index contributed by atoms with van der Waals surface area (Å²) in [4.78, 5) is 13.2. The monoisotopic (exact) mass is 1050 g/mol. The van der Waals surface area contributed by atoms with Crippen molar-refractivity contribution in [2.75, 3.05) is 19.8 Å². The average Bonchev–Trinajstić information content (AvgIpc) is 3.40. The van der Waals surface area contributed by atoms with Gasteiger partial charge in [0.1, 0.15) is 48.8 Å². The van der Waals surface area contributed by atoms with Crippen LogP contribution in [-0.2, 0) is 23.7 Å². The van der Waals surface area contributed by atoms with Crippen LogP contribution >= 0.6 is 0 Å². The highest BCUT2D eigenvalue weighted by atomic mass is 16.7. The first-order valence-electron chi connectivity index (χ1n) is 29.2. The minimum Gasteiger partial charge on any atom is -0.394 e. The van der Waals surface area contributed by atoms with Crippen LogP contribution in [0.3, 0.4) is 0 Å². The number of ether oxygens (including phenoxy) is 4. The van der Waals surface area contributed by atoms with Crippen LogP contribution in [-0.4, -0.2) is 140 Å². The standard InChI is InChI=1S/C60H105NO13/c1-3-5-7-9-11-13-15-17-18-19-20-21-22-23-24-25-26-27-28-29-30-32-33-35-37-39-41-43-49(64)48(61-52(65)44-42-40-38-36-34-31-16-14-12-10-8-6-4-2)47-71-59-57(70)55(68)58(51(46-63)73-59)74-60-56(69)54(67)53(66)50(45-62)72-60/h6,8,12,14,28-29,31,33-35,41,43,48-51,53-60,62-64,66-70H,3-5,7,9-11,13,15-27,30,32,36-40,42,44-47H2,1-2H3,(H,61,65)/b8-6-,14-12-,29-28+,34-31-,35-33+,43-41+. The van der Waals surface area contributed by atoms with Crippen molar-refractivity contribution in [3.8, 4) is 0 Å². The van der Waals surface area contributed by atoms with E-state index in [1.54, 1.807) is 6.08 Å². The SMILES string of the molecule is CC/C=C\C/C=C\C/C=C\CCCCCC(=O)NC(COC1OC(CO)C(OC2OC(CO)C(O)C(O)C2O)C(O)C1O)C(O)/C=C/CC/C=C/CC/C=C/CCCCCCCCCCCCCCCCCCC. The minimum atomic E-state index is -1.80. The molecule has 14 heteroatoms. The lowest BCUT2D eigenvalue weighted by molar-refractivity contribution is -0.359. The maximum Gasteiger partial charge on any atom is 0.220 e. The third-order valence-electron chi connectivity index (χ3n) is 13.9. The molecule has 74 heavy (non-hydrogen) atoms. The van der Waals surface area contributed by atoms with Crippen LogP contribution in [0.1, 0.15) is 206 Å². The van der Waals surface area contributed by atoms with Crippen LogP contribution < -0.4 is 5.32 Å². The lowest BCUT2D eigenvalue weighted by Crippen LogP contribution is -2.65.